The Morgan fingerprint density at radius 2 is 1.50 bits per heavy atom. The van der Waals surface area contributed by atoms with Crippen LogP contribution in [0.3, 0.4) is 0 Å². The van der Waals surface area contributed by atoms with Crippen LogP contribution < -0.4 is 0 Å². The summed E-state index contributed by atoms with van der Waals surface area (Å²) in [7, 11) is -4.03. The topological polar surface area (TPSA) is 135 Å². The van der Waals surface area contributed by atoms with Crippen LogP contribution >= 0.6 is 7.82 Å². The van der Waals surface area contributed by atoms with Crippen molar-refractivity contribution in [2.75, 3.05) is 19.8 Å². The van der Waals surface area contributed by atoms with Crippen LogP contribution in [-0.4, -0.2) is 71.0 Å². The number of aliphatic hydroxyl groups excluding tert-OH is 4. The Balaban J connectivity index is 2.76. The summed E-state index contributed by atoms with van der Waals surface area (Å²) in [5.41, 5.74) is 0. The molecular weight excluding hydrogens is 343 g/mol. The van der Waals surface area contributed by atoms with Crippen molar-refractivity contribution in [3.63, 3.8) is 0 Å². The standard InChI is InChI=1S/C14H29O9P/c1-3-5-7-20-24(19,21-8-6-4-2)23-14-13(18)12(17)11(16)10(9-15)22-14/h10-18H,3-9H2,1-2H3/t10-,11-,12+,13+,14+/m1/s1. The van der Waals surface area contributed by atoms with Gasteiger partial charge < -0.3 is 25.2 Å². The quantitative estimate of drug-likeness (QED) is 0.303. The molecule has 1 heterocycles. The number of hydrogen-bond donors (Lipinski definition) is 4. The Labute approximate surface area is 142 Å². The lowest BCUT2D eigenvalue weighted by Gasteiger charge is -2.40. The van der Waals surface area contributed by atoms with Crippen LogP contribution in [0, 0.1) is 0 Å². The van der Waals surface area contributed by atoms with E-state index >= 15 is 0 Å². The Morgan fingerprint density at radius 1 is 0.958 bits per heavy atom. The first kappa shape index (κ1) is 22.0. The first-order valence-electron chi connectivity index (χ1n) is 8.26. The molecule has 0 aromatic rings. The van der Waals surface area contributed by atoms with E-state index in [1.54, 1.807) is 0 Å². The van der Waals surface area contributed by atoms with Crippen molar-refractivity contribution in [1.29, 1.82) is 0 Å². The molecule has 0 aromatic heterocycles. The Bertz CT molecular complexity index is 378. The zero-order valence-electron chi connectivity index (χ0n) is 14.1. The van der Waals surface area contributed by atoms with Gasteiger partial charge >= 0.3 is 7.82 Å². The molecule has 1 aliphatic rings. The maximum atomic E-state index is 12.7. The fourth-order valence-electron chi connectivity index (χ4n) is 2.02. The van der Waals surface area contributed by atoms with Crippen molar-refractivity contribution < 1.29 is 43.3 Å². The molecule has 5 atom stereocenters. The molecule has 144 valence electrons. The average Bonchev–Trinajstić information content (AvgIpc) is 2.56. The van der Waals surface area contributed by atoms with Crippen LogP contribution in [0.2, 0.25) is 0 Å². The van der Waals surface area contributed by atoms with Gasteiger partial charge in [-0.3, -0.25) is 13.6 Å². The molecule has 1 fully saturated rings. The third-order valence-electron chi connectivity index (χ3n) is 3.58. The number of unbranched alkanes of at least 4 members (excludes halogenated alkanes) is 2. The van der Waals surface area contributed by atoms with Crippen LogP contribution in [0.15, 0.2) is 0 Å². The summed E-state index contributed by atoms with van der Waals surface area (Å²) in [5.74, 6) is 0. The second-order valence-corrected chi connectivity index (χ2v) is 7.25. The molecule has 9 nitrogen and oxygen atoms in total. The monoisotopic (exact) mass is 372 g/mol. The predicted molar refractivity (Wildman–Crippen MR) is 84.2 cm³/mol. The maximum Gasteiger partial charge on any atom is 0.477 e. The number of hydrogen-bond acceptors (Lipinski definition) is 9. The Hall–Kier alpha value is -0.0900. The smallest absolute Gasteiger partial charge is 0.394 e. The lowest BCUT2D eigenvalue weighted by atomic mass is 10.00. The van der Waals surface area contributed by atoms with E-state index in [1.165, 1.54) is 0 Å². The summed E-state index contributed by atoms with van der Waals surface area (Å²) >= 11 is 0. The Morgan fingerprint density at radius 3 is 1.96 bits per heavy atom. The molecule has 0 unspecified atom stereocenters. The van der Waals surface area contributed by atoms with E-state index in [0.29, 0.717) is 12.8 Å². The van der Waals surface area contributed by atoms with Crippen LogP contribution in [0.4, 0.5) is 0 Å². The first-order chi connectivity index (χ1) is 11.4. The van der Waals surface area contributed by atoms with Crippen molar-refractivity contribution in [2.24, 2.45) is 0 Å². The van der Waals surface area contributed by atoms with Crippen LogP contribution in [0.25, 0.3) is 0 Å². The van der Waals surface area contributed by atoms with Gasteiger partial charge in [0.1, 0.15) is 24.4 Å². The maximum absolute atomic E-state index is 12.7. The fourth-order valence-corrected chi connectivity index (χ4v) is 3.35. The number of phosphoric ester groups is 1. The highest BCUT2D eigenvalue weighted by Gasteiger charge is 2.47. The van der Waals surface area contributed by atoms with Gasteiger partial charge in [0.2, 0.25) is 0 Å². The fraction of sp³-hybridized carbons (Fsp3) is 1.00. The molecule has 0 saturated carbocycles. The molecule has 1 aliphatic heterocycles. The average molecular weight is 372 g/mol. The van der Waals surface area contributed by atoms with Crippen molar-refractivity contribution in [2.45, 2.75) is 70.2 Å². The van der Waals surface area contributed by atoms with E-state index in [2.05, 4.69) is 0 Å². The van der Waals surface area contributed by atoms with E-state index in [4.69, 9.17) is 23.4 Å². The van der Waals surface area contributed by atoms with E-state index in [1.807, 2.05) is 13.8 Å². The highest BCUT2D eigenvalue weighted by Crippen LogP contribution is 2.52. The highest BCUT2D eigenvalue weighted by molar-refractivity contribution is 7.48. The van der Waals surface area contributed by atoms with Gasteiger partial charge in [-0.1, -0.05) is 26.7 Å². The van der Waals surface area contributed by atoms with Gasteiger partial charge in [-0.25, -0.2) is 4.57 Å². The largest absolute Gasteiger partial charge is 0.477 e. The molecule has 0 aliphatic carbocycles. The van der Waals surface area contributed by atoms with Gasteiger partial charge in [0.15, 0.2) is 6.29 Å². The summed E-state index contributed by atoms with van der Waals surface area (Å²) in [5, 5.41) is 38.6. The molecule has 0 spiro atoms. The molecule has 0 bridgehead atoms. The molecule has 0 aromatic carbocycles. The molecular formula is C14H29O9P. The van der Waals surface area contributed by atoms with Gasteiger partial charge in [0.05, 0.1) is 19.8 Å². The molecule has 0 amide bonds. The molecule has 4 N–H and O–H groups in total. The summed E-state index contributed by atoms with van der Waals surface area (Å²) < 4.78 is 33.5. The minimum Gasteiger partial charge on any atom is -0.394 e. The minimum absolute atomic E-state index is 0.136. The zero-order chi connectivity index (χ0) is 18.2. The number of phosphoric acid groups is 1. The van der Waals surface area contributed by atoms with E-state index in [9.17, 15) is 19.9 Å². The second-order valence-electron chi connectivity index (χ2n) is 5.62. The van der Waals surface area contributed by atoms with Crippen LogP contribution in [-0.2, 0) is 22.9 Å². The summed E-state index contributed by atoms with van der Waals surface area (Å²) in [4.78, 5) is 0. The number of aliphatic hydroxyl groups is 4. The molecule has 0 radical (unpaired) electrons. The summed E-state index contributed by atoms with van der Waals surface area (Å²) in [6.45, 7) is 3.53. The predicted octanol–water partition coefficient (Wildman–Crippen LogP) is 0.544. The SMILES string of the molecule is CCCCOP(=O)(OCCCC)O[C@@H]1O[C@H](CO)[C@@H](O)[C@H](O)[C@@H]1O. The molecule has 1 saturated heterocycles. The third kappa shape index (κ3) is 6.33. The van der Waals surface area contributed by atoms with Crippen LogP contribution in [0.5, 0.6) is 0 Å². The molecule has 24 heavy (non-hydrogen) atoms. The van der Waals surface area contributed by atoms with E-state index in [0.717, 1.165) is 12.8 Å². The lowest BCUT2D eigenvalue weighted by molar-refractivity contribution is -0.281. The van der Waals surface area contributed by atoms with E-state index < -0.39 is 45.1 Å². The molecule has 10 heteroatoms. The van der Waals surface area contributed by atoms with Gasteiger partial charge in [0, 0.05) is 0 Å². The van der Waals surface area contributed by atoms with Gasteiger partial charge in [0.25, 0.3) is 0 Å². The van der Waals surface area contributed by atoms with Gasteiger partial charge in [-0.2, -0.15) is 0 Å². The summed E-state index contributed by atoms with van der Waals surface area (Å²) in [6, 6.07) is 0. The minimum atomic E-state index is -4.03. The first-order valence-corrected chi connectivity index (χ1v) is 9.72. The normalized spacial score (nSPS) is 31.3. The lowest BCUT2D eigenvalue weighted by Crippen LogP contribution is -2.59. The Kier molecular flexibility index (Phi) is 9.88. The van der Waals surface area contributed by atoms with Crippen molar-refractivity contribution >= 4 is 7.82 Å². The van der Waals surface area contributed by atoms with Crippen molar-refractivity contribution in [3.05, 3.63) is 0 Å². The highest BCUT2D eigenvalue weighted by atomic mass is 31.2. The zero-order valence-corrected chi connectivity index (χ0v) is 15.0. The van der Waals surface area contributed by atoms with E-state index in [-0.39, 0.29) is 13.2 Å². The second kappa shape index (κ2) is 10.8. The summed E-state index contributed by atoms with van der Waals surface area (Å²) in [6.07, 6.45) is -4.63. The van der Waals surface area contributed by atoms with Gasteiger partial charge in [-0.05, 0) is 12.8 Å². The van der Waals surface area contributed by atoms with Gasteiger partial charge in [-0.15, -0.1) is 0 Å². The van der Waals surface area contributed by atoms with Crippen LogP contribution in [0.1, 0.15) is 39.5 Å². The molecule has 1 rings (SSSR count). The third-order valence-corrected chi connectivity index (χ3v) is 5.04. The number of rotatable bonds is 11. The number of ether oxygens (including phenoxy) is 1. The van der Waals surface area contributed by atoms with Crippen molar-refractivity contribution in [3.8, 4) is 0 Å². The van der Waals surface area contributed by atoms with Crippen molar-refractivity contribution in [1.82, 2.24) is 0 Å².